The Kier molecular flexibility index (Phi) is 6.94. The third kappa shape index (κ3) is 5.54. The van der Waals surface area contributed by atoms with Crippen molar-refractivity contribution in [3.8, 4) is 5.75 Å². The molecule has 0 unspecified atom stereocenters. The molecular weight excluding hydrogens is 467 g/mol. The number of rotatable bonds is 11. The molecular formula is C25H27FN6O4. The normalized spacial score (nSPS) is 15.0. The van der Waals surface area contributed by atoms with E-state index in [1.54, 1.807) is 30.3 Å². The van der Waals surface area contributed by atoms with E-state index in [0.29, 0.717) is 39.8 Å². The predicted molar refractivity (Wildman–Crippen MR) is 132 cm³/mol. The van der Waals surface area contributed by atoms with E-state index in [-0.39, 0.29) is 25.0 Å². The fourth-order valence-corrected chi connectivity index (χ4v) is 3.81. The lowest BCUT2D eigenvalue weighted by molar-refractivity contribution is 0.0536. The van der Waals surface area contributed by atoms with Crippen LogP contribution in [-0.4, -0.2) is 61.4 Å². The lowest BCUT2D eigenvalue weighted by atomic mass is 10.1. The highest BCUT2D eigenvalue weighted by atomic mass is 19.1. The van der Waals surface area contributed by atoms with E-state index in [2.05, 4.69) is 30.8 Å². The molecule has 0 bridgehead atoms. The van der Waals surface area contributed by atoms with E-state index in [0.717, 1.165) is 18.5 Å². The Morgan fingerprint density at radius 1 is 1.06 bits per heavy atom. The van der Waals surface area contributed by atoms with Crippen LogP contribution in [0, 0.1) is 5.82 Å². The highest BCUT2D eigenvalue weighted by Gasteiger charge is 2.25. The number of H-pyrrole nitrogens is 1. The molecule has 2 atom stereocenters. The molecule has 2 aromatic heterocycles. The summed E-state index contributed by atoms with van der Waals surface area (Å²) in [5, 5.41) is 43.1. The van der Waals surface area contributed by atoms with Gasteiger partial charge >= 0.3 is 0 Å². The molecule has 0 amide bonds. The Morgan fingerprint density at radius 3 is 2.58 bits per heavy atom. The van der Waals surface area contributed by atoms with Gasteiger partial charge in [0.1, 0.15) is 30.1 Å². The minimum absolute atomic E-state index is 0.0718. The van der Waals surface area contributed by atoms with Crippen LogP contribution in [0.2, 0.25) is 0 Å². The highest BCUT2D eigenvalue weighted by molar-refractivity contribution is 5.92. The molecule has 0 saturated heterocycles. The standard InChI is InChI=1S/C25H27FN6O4/c26-16-5-3-15(4-6-16)22(12-34)28-25-27-21-9-18(36-13-17(35)11-33)7-8-19(21)24(30-25)29-23-10-20(31-32-23)14-1-2-14/h3-10,14,17,22,33-35H,1-2,11-13H2,(H3,27,28,29,30,31,32)/t17-,22-/m0/s1. The number of nitrogens with one attached hydrogen (secondary N) is 3. The van der Waals surface area contributed by atoms with Gasteiger partial charge in [0.15, 0.2) is 5.82 Å². The van der Waals surface area contributed by atoms with E-state index in [4.69, 9.17) is 9.84 Å². The number of benzene rings is 2. The minimum atomic E-state index is -0.998. The van der Waals surface area contributed by atoms with Crippen molar-refractivity contribution in [3.05, 3.63) is 65.6 Å². The first-order chi connectivity index (χ1) is 17.5. The van der Waals surface area contributed by atoms with Gasteiger partial charge in [-0.3, -0.25) is 5.10 Å². The molecule has 36 heavy (non-hydrogen) atoms. The number of aromatic amines is 1. The number of ether oxygens (including phenoxy) is 1. The number of hydrogen-bond donors (Lipinski definition) is 6. The lowest BCUT2D eigenvalue weighted by Gasteiger charge is -2.18. The average molecular weight is 495 g/mol. The second-order valence-electron chi connectivity index (χ2n) is 8.76. The summed E-state index contributed by atoms with van der Waals surface area (Å²) in [6, 6.07) is 12.4. The number of hydrogen-bond acceptors (Lipinski definition) is 9. The molecule has 1 fully saturated rings. The number of aliphatic hydroxyl groups is 3. The van der Waals surface area contributed by atoms with E-state index >= 15 is 0 Å². The first-order valence-electron chi connectivity index (χ1n) is 11.7. The van der Waals surface area contributed by atoms with Gasteiger partial charge in [-0.15, -0.1) is 0 Å². The van der Waals surface area contributed by atoms with Gasteiger partial charge in [-0.1, -0.05) is 12.1 Å². The van der Waals surface area contributed by atoms with E-state index < -0.39 is 18.8 Å². The van der Waals surface area contributed by atoms with Crippen LogP contribution in [0.15, 0.2) is 48.5 Å². The number of halogens is 1. The zero-order valence-corrected chi connectivity index (χ0v) is 19.4. The van der Waals surface area contributed by atoms with Crippen molar-refractivity contribution >= 4 is 28.5 Å². The molecule has 1 aliphatic carbocycles. The molecule has 6 N–H and O–H groups in total. The summed E-state index contributed by atoms with van der Waals surface area (Å²) in [5.41, 5.74) is 2.29. The molecule has 5 rings (SSSR count). The van der Waals surface area contributed by atoms with E-state index in [9.17, 15) is 14.6 Å². The summed E-state index contributed by atoms with van der Waals surface area (Å²) in [6.45, 7) is -0.740. The van der Waals surface area contributed by atoms with Crippen molar-refractivity contribution < 1.29 is 24.4 Å². The fourth-order valence-electron chi connectivity index (χ4n) is 3.81. The van der Waals surface area contributed by atoms with Crippen LogP contribution in [0.5, 0.6) is 5.75 Å². The molecule has 2 aromatic carbocycles. The van der Waals surface area contributed by atoms with Gasteiger partial charge in [-0.05, 0) is 42.7 Å². The van der Waals surface area contributed by atoms with Crippen LogP contribution in [-0.2, 0) is 0 Å². The van der Waals surface area contributed by atoms with Crippen molar-refractivity contribution in [1.82, 2.24) is 20.2 Å². The summed E-state index contributed by atoms with van der Waals surface area (Å²) in [7, 11) is 0. The molecule has 1 aliphatic rings. The third-order valence-electron chi connectivity index (χ3n) is 5.94. The Balaban J connectivity index is 1.47. The topological polar surface area (TPSA) is 148 Å². The molecule has 0 spiro atoms. The summed E-state index contributed by atoms with van der Waals surface area (Å²) < 4.78 is 19.0. The predicted octanol–water partition coefficient (Wildman–Crippen LogP) is 2.99. The molecule has 188 valence electrons. The largest absolute Gasteiger partial charge is 0.491 e. The quantitative estimate of drug-likeness (QED) is 0.185. The second kappa shape index (κ2) is 10.4. The van der Waals surface area contributed by atoms with E-state index in [1.807, 2.05) is 6.07 Å². The monoisotopic (exact) mass is 494 g/mol. The van der Waals surface area contributed by atoms with Crippen LogP contribution < -0.4 is 15.4 Å². The smallest absolute Gasteiger partial charge is 0.225 e. The number of fused-ring (bicyclic) bond motifs is 1. The van der Waals surface area contributed by atoms with Crippen LogP contribution in [0.4, 0.5) is 22.0 Å². The summed E-state index contributed by atoms with van der Waals surface area (Å²) in [6.07, 6.45) is 1.29. The van der Waals surface area contributed by atoms with Crippen LogP contribution in [0.3, 0.4) is 0 Å². The van der Waals surface area contributed by atoms with Gasteiger partial charge in [-0.25, -0.2) is 9.37 Å². The first-order valence-corrected chi connectivity index (χ1v) is 11.7. The van der Waals surface area contributed by atoms with E-state index in [1.165, 1.54) is 12.1 Å². The Labute approximate surface area is 206 Å². The maximum Gasteiger partial charge on any atom is 0.225 e. The zero-order chi connectivity index (χ0) is 25.1. The van der Waals surface area contributed by atoms with Crippen molar-refractivity contribution in [1.29, 1.82) is 0 Å². The molecule has 11 heteroatoms. The van der Waals surface area contributed by atoms with Crippen LogP contribution in [0.1, 0.15) is 36.1 Å². The molecule has 0 aliphatic heterocycles. The SMILES string of the molecule is OC[C@H](O)COc1ccc2c(Nc3cc(C4CC4)[nH]n3)nc(N[C@@H](CO)c3ccc(F)cc3)nc2c1. The maximum atomic E-state index is 13.4. The summed E-state index contributed by atoms with van der Waals surface area (Å²) in [4.78, 5) is 9.22. The van der Waals surface area contributed by atoms with Gasteiger partial charge < -0.3 is 30.7 Å². The second-order valence-corrected chi connectivity index (χ2v) is 8.76. The number of anilines is 3. The van der Waals surface area contributed by atoms with Crippen LogP contribution in [0.25, 0.3) is 10.9 Å². The van der Waals surface area contributed by atoms with Gasteiger partial charge in [0.25, 0.3) is 0 Å². The minimum Gasteiger partial charge on any atom is -0.491 e. The van der Waals surface area contributed by atoms with Crippen molar-refractivity contribution in [3.63, 3.8) is 0 Å². The van der Waals surface area contributed by atoms with Crippen molar-refractivity contribution in [2.45, 2.75) is 30.9 Å². The van der Waals surface area contributed by atoms with Crippen molar-refractivity contribution in [2.75, 3.05) is 30.5 Å². The Bertz CT molecular complexity index is 1330. The molecule has 10 nitrogen and oxygen atoms in total. The fraction of sp³-hybridized carbons (Fsp3) is 0.320. The molecule has 4 aromatic rings. The molecule has 2 heterocycles. The number of aromatic nitrogens is 4. The zero-order valence-electron chi connectivity index (χ0n) is 19.4. The number of aliphatic hydroxyl groups excluding tert-OH is 3. The Morgan fingerprint density at radius 2 is 1.86 bits per heavy atom. The van der Waals surface area contributed by atoms with Gasteiger partial charge in [0.05, 0.1) is 24.8 Å². The molecule has 0 radical (unpaired) electrons. The molecule has 1 saturated carbocycles. The summed E-state index contributed by atoms with van der Waals surface area (Å²) in [5.74, 6) is 1.95. The highest BCUT2D eigenvalue weighted by Crippen LogP contribution is 2.40. The van der Waals surface area contributed by atoms with Gasteiger partial charge in [-0.2, -0.15) is 10.1 Å². The van der Waals surface area contributed by atoms with Crippen LogP contribution >= 0.6 is 0 Å². The average Bonchev–Trinajstić information content (AvgIpc) is 3.64. The third-order valence-corrected chi connectivity index (χ3v) is 5.94. The summed E-state index contributed by atoms with van der Waals surface area (Å²) >= 11 is 0. The lowest BCUT2D eigenvalue weighted by Crippen LogP contribution is -2.21. The first kappa shape index (κ1) is 23.9. The maximum absolute atomic E-state index is 13.4. The van der Waals surface area contributed by atoms with Gasteiger partial charge in [0.2, 0.25) is 5.95 Å². The van der Waals surface area contributed by atoms with Crippen molar-refractivity contribution in [2.24, 2.45) is 0 Å². The van der Waals surface area contributed by atoms with Gasteiger partial charge in [0, 0.05) is 29.1 Å². The number of nitrogens with zero attached hydrogens (tertiary/aromatic N) is 3. The Hall–Kier alpha value is -3.80.